The number of hydrogen-bond donors (Lipinski definition) is 3. The van der Waals surface area contributed by atoms with Crippen LogP contribution in [-0.4, -0.2) is 28.2 Å². The number of aliphatic hydroxyl groups is 1. The summed E-state index contributed by atoms with van der Waals surface area (Å²) in [5.74, 6) is -0.329. The van der Waals surface area contributed by atoms with E-state index in [9.17, 15) is 14.7 Å². The first kappa shape index (κ1) is 13.2. The third-order valence-corrected chi connectivity index (χ3v) is 2.33. The molecule has 0 aliphatic heterocycles. The lowest BCUT2D eigenvalue weighted by Gasteiger charge is -2.10. The van der Waals surface area contributed by atoms with Crippen LogP contribution in [0.3, 0.4) is 0 Å². The van der Waals surface area contributed by atoms with Gasteiger partial charge in [0, 0.05) is 24.5 Å². The van der Waals surface area contributed by atoms with Gasteiger partial charge in [0.05, 0.1) is 6.10 Å². The largest absolute Gasteiger partial charge is 0.398 e. The SMILES string of the molecule is CCC(O)CNC(=O)Cn1cc(N)ccc1=O. The van der Waals surface area contributed by atoms with Gasteiger partial charge in [-0.1, -0.05) is 6.92 Å². The number of anilines is 1. The van der Waals surface area contributed by atoms with Crippen LogP contribution in [0.15, 0.2) is 23.1 Å². The molecule has 17 heavy (non-hydrogen) atoms. The van der Waals surface area contributed by atoms with Gasteiger partial charge in [0.1, 0.15) is 6.54 Å². The minimum atomic E-state index is -0.559. The van der Waals surface area contributed by atoms with E-state index in [0.717, 1.165) is 0 Å². The standard InChI is InChI=1S/C11H17N3O3/c1-2-9(15)5-13-10(16)7-14-6-8(12)3-4-11(14)17/h3-4,6,9,15H,2,5,7,12H2,1H3,(H,13,16). The lowest BCUT2D eigenvalue weighted by atomic mass is 10.3. The molecule has 0 spiro atoms. The molecule has 1 heterocycles. The maximum Gasteiger partial charge on any atom is 0.251 e. The molecule has 0 aliphatic rings. The molecule has 1 amide bonds. The maximum atomic E-state index is 11.5. The molecule has 0 bridgehead atoms. The smallest absolute Gasteiger partial charge is 0.251 e. The molecule has 1 aromatic rings. The Labute approximate surface area is 99.1 Å². The van der Waals surface area contributed by atoms with Crippen molar-refractivity contribution in [1.82, 2.24) is 9.88 Å². The average Bonchev–Trinajstić information content (AvgIpc) is 2.30. The number of aliphatic hydroxyl groups excluding tert-OH is 1. The molecule has 6 heteroatoms. The van der Waals surface area contributed by atoms with Crippen molar-refractivity contribution in [3.05, 3.63) is 28.7 Å². The third-order valence-electron chi connectivity index (χ3n) is 2.33. The topological polar surface area (TPSA) is 97.3 Å². The number of rotatable bonds is 5. The normalized spacial score (nSPS) is 12.1. The Morgan fingerprint density at radius 2 is 2.29 bits per heavy atom. The molecule has 1 atom stereocenters. The molecule has 0 saturated heterocycles. The van der Waals surface area contributed by atoms with E-state index in [1.807, 2.05) is 6.92 Å². The molecule has 1 rings (SSSR count). The number of nitrogen functional groups attached to an aromatic ring is 1. The summed E-state index contributed by atoms with van der Waals surface area (Å²) >= 11 is 0. The van der Waals surface area contributed by atoms with Gasteiger partial charge in [-0.25, -0.2) is 0 Å². The van der Waals surface area contributed by atoms with Crippen LogP contribution in [0.2, 0.25) is 0 Å². The van der Waals surface area contributed by atoms with Crippen molar-refractivity contribution in [1.29, 1.82) is 0 Å². The molecule has 0 aromatic carbocycles. The van der Waals surface area contributed by atoms with Gasteiger partial charge in [0.15, 0.2) is 0 Å². The Morgan fingerprint density at radius 1 is 1.59 bits per heavy atom. The zero-order chi connectivity index (χ0) is 12.8. The first-order chi connectivity index (χ1) is 8.02. The molecule has 1 unspecified atom stereocenters. The first-order valence-electron chi connectivity index (χ1n) is 5.43. The zero-order valence-electron chi connectivity index (χ0n) is 9.72. The molecule has 0 fully saturated rings. The van der Waals surface area contributed by atoms with Gasteiger partial charge in [-0.3, -0.25) is 9.59 Å². The highest BCUT2D eigenvalue weighted by molar-refractivity contribution is 5.75. The minimum absolute atomic E-state index is 0.0969. The maximum absolute atomic E-state index is 11.5. The highest BCUT2D eigenvalue weighted by Crippen LogP contribution is 1.95. The Kier molecular flexibility index (Phi) is 4.71. The summed E-state index contributed by atoms with van der Waals surface area (Å²) in [5.41, 5.74) is 5.65. The highest BCUT2D eigenvalue weighted by atomic mass is 16.3. The van der Waals surface area contributed by atoms with Gasteiger partial charge in [-0.2, -0.15) is 0 Å². The number of aromatic nitrogens is 1. The number of pyridine rings is 1. The summed E-state index contributed by atoms with van der Waals surface area (Å²) in [6, 6.07) is 2.79. The Balaban J connectivity index is 2.56. The van der Waals surface area contributed by atoms with Gasteiger partial charge in [0.2, 0.25) is 5.91 Å². The van der Waals surface area contributed by atoms with Gasteiger partial charge < -0.3 is 20.7 Å². The number of nitrogens with one attached hydrogen (secondary N) is 1. The van der Waals surface area contributed by atoms with Crippen LogP contribution in [0.25, 0.3) is 0 Å². The van der Waals surface area contributed by atoms with Crippen molar-refractivity contribution < 1.29 is 9.90 Å². The van der Waals surface area contributed by atoms with E-state index in [0.29, 0.717) is 12.1 Å². The quantitative estimate of drug-likeness (QED) is 0.634. The summed E-state index contributed by atoms with van der Waals surface area (Å²) in [4.78, 5) is 22.9. The second kappa shape index (κ2) is 6.05. The fourth-order valence-corrected chi connectivity index (χ4v) is 1.26. The number of nitrogens with zero attached hydrogens (tertiary/aromatic N) is 1. The predicted octanol–water partition coefficient (Wildman–Crippen LogP) is -0.682. The van der Waals surface area contributed by atoms with Crippen LogP contribution in [-0.2, 0) is 11.3 Å². The van der Waals surface area contributed by atoms with Crippen LogP contribution < -0.4 is 16.6 Å². The number of amides is 1. The third kappa shape index (κ3) is 4.28. The number of hydrogen-bond acceptors (Lipinski definition) is 4. The van der Waals surface area contributed by atoms with Crippen LogP contribution in [0.5, 0.6) is 0 Å². The van der Waals surface area contributed by atoms with Crippen molar-refractivity contribution in [2.24, 2.45) is 0 Å². The van der Waals surface area contributed by atoms with E-state index in [1.54, 1.807) is 0 Å². The van der Waals surface area contributed by atoms with Crippen LogP contribution in [0.1, 0.15) is 13.3 Å². The molecular weight excluding hydrogens is 222 g/mol. The Morgan fingerprint density at radius 3 is 2.94 bits per heavy atom. The van der Waals surface area contributed by atoms with Gasteiger partial charge in [0.25, 0.3) is 5.56 Å². The number of nitrogens with two attached hydrogens (primary N) is 1. The lowest BCUT2D eigenvalue weighted by Crippen LogP contribution is -2.36. The second-order valence-electron chi connectivity index (χ2n) is 3.79. The average molecular weight is 239 g/mol. The molecule has 6 nitrogen and oxygen atoms in total. The summed E-state index contributed by atoms with van der Waals surface area (Å²) in [5, 5.41) is 11.8. The monoisotopic (exact) mass is 239 g/mol. The van der Waals surface area contributed by atoms with Gasteiger partial charge in [-0.15, -0.1) is 0 Å². The van der Waals surface area contributed by atoms with Crippen molar-refractivity contribution in [2.75, 3.05) is 12.3 Å². The van der Waals surface area contributed by atoms with Crippen molar-refractivity contribution in [3.8, 4) is 0 Å². The van der Waals surface area contributed by atoms with E-state index in [2.05, 4.69) is 5.32 Å². The molecule has 0 aliphatic carbocycles. The summed E-state index contributed by atoms with van der Waals surface area (Å²) in [6.07, 6.45) is 1.42. The number of carbonyl (C=O) groups excluding carboxylic acids is 1. The fourth-order valence-electron chi connectivity index (χ4n) is 1.26. The van der Waals surface area contributed by atoms with E-state index in [1.165, 1.54) is 22.9 Å². The van der Waals surface area contributed by atoms with Gasteiger partial charge >= 0.3 is 0 Å². The van der Waals surface area contributed by atoms with E-state index in [4.69, 9.17) is 5.73 Å². The fraction of sp³-hybridized carbons (Fsp3) is 0.455. The Bertz CT molecular complexity index is 442. The van der Waals surface area contributed by atoms with Crippen LogP contribution in [0.4, 0.5) is 5.69 Å². The lowest BCUT2D eigenvalue weighted by molar-refractivity contribution is -0.122. The van der Waals surface area contributed by atoms with Crippen molar-refractivity contribution in [2.45, 2.75) is 26.0 Å². The molecular formula is C11H17N3O3. The zero-order valence-corrected chi connectivity index (χ0v) is 9.72. The van der Waals surface area contributed by atoms with E-state index < -0.39 is 6.10 Å². The highest BCUT2D eigenvalue weighted by Gasteiger charge is 2.06. The predicted molar refractivity (Wildman–Crippen MR) is 64.4 cm³/mol. The minimum Gasteiger partial charge on any atom is -0.398 e. The molecule has 0 saturated carbocycles. The molecule has 4 N–H and O–H groups in total. The molecule has 94 valence electrons. The van der Waals surface area contributed by atoms with Gasteiger partial charge in [-0.05, 0) is 12.5 Å². The van der Waals surface area contributed by atoms with E-state index >= 15 is 0 Å². The summed E-state index contributed by atoms with van der Waals surface area (Å²) in [6.45, 7) is 1.91. The van der Waals surface area contributed by atoms with E-state index in [-0.39, 0.29) is 24.6 Å². The van der Waals surface area contributed by atoms with Crippen LogP contribution >= 0.6 is 0 Å². The van der Waals surface area contributed by atoms with Crippen molar-refractivity contribution >= 4 is 11.6 Å². The first-order valence-corrected chi connectivity index (χ1v) is 5.43. The summed E-state index contributed by atoms with van der Waals surface area (Å²) in [7, 11) is 0. The van der Waals surface area contributed by atoms with Crippen molar-refractivity contribution in [3.63, 3.8) is 0 Å². The Hall–Kier alpha value is -1.82. The van der Waals surface area contributed by atoms with Crippen LogP contribution in [0, 0.1) is 0 Å². The molecule has 0 radical (unpaired) electrons. The second-order valence-corrected chi connectivity index (χ2v) is 3.79. The number of carbonyl (C=O) groups is 1. The summed E-state index contributed by atoms with van der Waals surface area (Å²) < 4.78 is 1.23. The molecule has 1 aromatic heterocycles.